The van der Waals surface area contributed by atoms with Gasteiger partial charge in [0, 0.05) is 11.6 Å². The summed E-state index contributed by atoms with van der Waals surface area (Å²) in [5, 5.41) is 9.99. The van der Waals surface area contributed by atoms with Gasteiger partial charge in [-0.25, -0.2) is 0 Å². The normalized spacial score (nSPS) is 22.6. The second-order valence-electron chi connectivity index (χ2n) is 4.68. The van der Waals surface area contributed by atoms with E-state index in [-0.39, 0.29) is 5.92 Å². The van der Waals surface area contributed by atoms with Crippen LogP contribution in [-0.2, 0) is 11.2 Å². The molecule has 1 saturated carbocycles. The van der Waals surface area contributed by atoms with Gasteiger partial charge in [0.1, 0.15) is 0 Å². The maximum Gasteiger partial charge on any atom is 0.306 e. The lowest BCUT2D eigenvalue weighted by atomic mass is 10.0. The van der Waals surface area contributed by atoms with Gasteiger partial charge in [-0.1, -0.05) is 12.1 Å². The summed E-state index contributed by atoms with van der Waals surface area (Å²) in [6.07, 6.45) is 3.46. The van der Waals surface area contributed by atoms with E-state index in [1.165, 1.54) is 5.56 Å². The SMILES string of the molecule is O=C(O)C1CC1Cc1ccc2ncccc2c1. The molecule has 3 heteroatoms. The van der Waals surface area contributed by atoms with E-state index in [9.17, 15) is 4.79 Å². The molecule has 1 aliphatic rings. The van der Waals surface area contributed by atoms with Crippen molar-refractivity contribution in [3.63, 3.8) is 0 Å². The number of nitrogens with zero attached hydrogens (tertiary/aromatic N) is 1. The van der Waals surface area contributed by atoms with Crippen LogP contribution in [0.25, 0.3) is 10.9 Å². The van der Waals surface area contributed by atoms with Gasteiger partial charge in [0.2, 0.25) is 0 Å². The Morgan fingerprint density at radius 2 is 2.29 bits per heavy atom. The zero-order chi connectivity index (χ0) is 11.8. The fraction of sp³-hybridized carbons (Fsp3) is 0.286. The van der Waals surface area contributed by atoms with Crippen molar-refractivity contribution in [1.29, 1.82) is 0 Å². The second kappa shape index (κ2) is 3.84. The Balaban J connectivity index is 1.80. The monoisotopic (exact) mass is 227 g/mol. The third kappa shape index (κ3) is 2.00. The smallest absolute Gasteiger partial charge is 0.306 e. The highest BCUT2D eigenvalue weighted by atomic mass is 16.4. The first-order chi connectivity index (χ1) is 8.24. The second-order valence-corrected chi connectivity index (χ2v) is 4.68. The van der Waals surface area contributed by atoms with Crippen molar-refractivity contribution >= 4 is 16.9 Å². The number of hydrogen-bond acceptors (Lipinski definition) is 2. The van der Waals surface area contributed by atoms with Crippen molar-refractivity contribution in [3.05, 3.63) is 42.1 Å². The fourth-order valence-electron chi connectivity index (χ4n) is 2.33. The van der Waals surface area contributed by atoms with Crippen molar-refractivity contribution < 1.29 is 9.90 Å². The first kappa shape index (κ1) is 10.3. The molecule has 1 aromatic heterocycles. The van der Waals surface area contributed by atoms with Gasteiger partial charge in [0.25, 0.3) is 0 Å². The molecule has 1 aliphatic carbocycles. The Bertz CT molecular complexity index is 579. The first-order valence-corrected chi connectivity index (χ1v) is 5.80. The van der Waals surface area contributed by atoms with Gasteiger partial charge in [0.15, 0.2) is 0 Å². The molecule has 0 bridgehead atoms. The molecule has 0 saturated heterocycles. The highest BCUT2D eigenvalue weighted by Gasteiger charge is 2.42. The van der Waals surface area contributed by atoms with E-state index < -0.39 is 5.97 Å². The predicted molar refractivity (Wildman–Crippen MR) is 64.7 cm³/mol. The summed E-state index contributed by atoms with van der Waals surface area (Å²) >= 11 is 0. The molecule has 86 valence electrons. The summed E-state index contributed by atoms with van der Waals surface area (Å²) < 4.78 is 0. The highest BCUT2D eigenvalue weighted by Crippen LogP contribution is 2.41. The van der Waals surface area contributed by atoms with Gasteiger partial charge in [-0.3, -0.25) is 9.78 Å². The summed E-state index contributed by atoms with van der Waals surface area (Å²) in [6.45, 7) is 0. The Labute approximate surface area is 99.1 Å². The fourth-order valence-corrected chi connectivity index (χ4v) is 2.33. The molecule has 1 N–H and O–H groups in total. The molecule has 1 aromatic carbocycles. The molecule has 2 aromatic rings. The lowest BCUT2D eigenvalue weighted by molar-refractivity contribution is -0.138. The molecule has 3 rings (SSSR count). The molecular formula is C14H13NO2. The van der Waals surface area contributed by atoms with E-state index in [1.54, 1.807) is 6.20 Å². The average molecular weight is 227 g/mol. The minimum absolute atomic E-state index is 0.125. The number of pyridine rings is 1. The summed E-state index contributed by atoms with van der Waals surface area (Å²) in [5.41, 5.74) is 2.20. The molecule has 3 nitrogen and oxygen atoms in total. The topological polar surface area (TPSA) is 50.2 Å². The Morgan fingerprint density at radius 3 is 3.06 bits per heavy atom. The van der Waals surface area contributed by atoms with Crippen LogP contribution in [0.5, 0.6) is 0 Å². The molecule has 17 heavy (non-hydrogen) atoms. The van der Waals surface area contributed by atoms with Gasteiger partial charge in [-0.05, 0) is 42.5 Å². The molecule has 0 amide bonds. The number of rotatable bonds is 3. The van der Waals surface area contributed by atoms with Crippen LogP contribution in [0.2, 0.25) is 0 Å². The lowest BCUT2D eigenvalue weighted by Crippen LogP contribution is -2.01. The number of benzene rings is 1. The Hall–Kier alpha value is -1.90. The van der Waals surface area contributed by atoms with Gasteiger partial charge in [-0.2, -0.15) is 0 Å². The quantitative estimate of drug-likeness (QED) is 0.876. The minimum Gasteiger partial charge on any atom is -0.481 e. The summed E-state index contributed by atoms with van der Waals surface area (Å²) in [7, 11) is 0. The number of aromatic nitrogens is 1. The van der Waals surface area contributed by atoms with Crippen LogP contribution in [-0.4, -0.2) is 16.1 Å². The van der Waals surface area contributed by atoms with Crippen molar-refractivity contribution in [3.8, 4) is 0 Å². The molecule has 2 unspecified atom stereocenters. The number of carboxylic acid groups (broad SMARTS) is 1. The van der Waals surface area contributed by atoms with E-state index >= 15 is 0 Å². The number of hydrogen-bond donors (Lipinski definition) is 1. The van der Waals surface area contributed by atoms with Gasteiger partial charge in [0.05, 0.1) is 11.4 Å². The van der Waals surface area contributed by atoms with Crippen molar-refractivity contribution in [2.45, 2.75) is 12.8 Å². The van der Waals surface area contributed by atoms with Crippen molar-refractivity contribution in [2.24, 2.45) is 11.8 Å². The molecule has 1 fully saturated rings. The van der Waals surface area contributed by atoms with E-state index in [0.29, 0.717) is 5.92 Å². The zero-order valence-electron chi connectivity index (χ0n) is 9.34. The molecule has 0 spiro atoms. The maximum atomic E-state index is 10.8. The van der Waals surface area contributed by atoms with Crippen LogP contribution in [0.15, 0.2) is 36.5 Å². The average Bonchev–Trinajstić information content (AvgIpc) is 3.08. The van der Waals surface area contributed by atoms with Gasteiger partial charge < -0.3 is 5.11 Å². The van der Waals surface area contributed by atoms with Crippen LogP contribution >= 0.6 is 0 Å². The minimum atomic E-state index is -0.655. The molecule has 0 aliphatic heterocycles. The van der Waals surface area contributed by atoms with Crippen molar-refractivity contribution in [1.82, 2.24) is 4.98 Å². The van der Waals surface area contributed by atoms with Crippen LogP contribution in [0.4, 0.5) is 0 Å². The number of carbonyl (C=O) groups is 1. The Morgan fingerprint density at radius 1 is 1.41 bits per heavy atom. The molecular weight excluding hydrogens is 214 g/mol. The number of carboxylic acids is 1. The van der Waals surface area contributed by atoms with Crippen LogP contribution in [0.1, 0.15) is 12.0 Å². The predicted octanol–water partition coefficient (Wildman–Crippen LogP) is 2.50. The number of aliphatic carboxylic acids is 1. The lowest BCUT2D eigenvalue weighted by Gasteiger charge is -2.02. The zero-order valence-corrected chi connectivity index (χ0v) is 9.34. The van der Waals surface area contributed by atoms with Gasteiger partial charge in [-0.15, -0.1) is 0 Å². The van der Waals surface area contributed by atoms with Crippen molar-refractivity contribution in [2.75, 3.05) is 0 Å². The summed E-state index contributed by atoms with van der Waals surface area (Å²) in [5.74, 6) is -0.460. The largest absolute Gasteiger partial charge is 0.481 e. The summed E-state index contributed by atoms with van der Waals surface area (Å²) in [6, 6.07) is 10.1. The van der Waals surface area contributed by atoms with E-state index in [0.717, 1.165) is 23.7 Å². The van der Waals surface area contributed by atoms with Crippen LogP contribution in [0, 0.1) is 11.8 Å². The highest BCUT2D eigenvalue weighted by molar-refractivity contribution is 5.79. The maximum absolute atomic E-state index is 10.8. The standard InChI is InChI=1S/C14H13NO2/c16-14(17)12-8-11(12)7-9-3-4-13-10(6-9)2-1-5-15-13/h1-6,11-12H,7-8H2,(H,16,17). The van der Waals surface area contributed by atoms with E-state index in [1.807, 2.05) is 24.3 Å². The first-order valence-electron chi connectivity index (χ1n) is 5.80. The van der Waals surface area contributed by atoms with E-state index in [2.05, 4.69) is 11.1 Å². The molecule has 2 atom stereocenters. The molecule has 0 radical (unpaired) electrons. The van der Waals surface area contributed by atoms with E-state index in [4.69, 9.17) is 5.11 Å². The van der Waals surface area contributed by atoms with Crippen LogP contribution in [0.3, 0.4) is 0 Å². The molecule has 1 heterocycles. The third-order valence-corrected chi connectivity index (χ3v) is 3.41. The number of fused-ring (bicyclic) bond motifs is 1. The third-order valence-electron chi connectivity index (χ3n) is 3.41. The van der Waals surface area contributed by atoms with Crippen LogP contribution < -0.4 is 0 Å². The summed E-state index contributed by atoms with van der Waals surface area (Å²) in [4.78, 5) is 15.0. The van der Waals surface area contributed by atoms with Gasteiger partial charge >= 0.3 is 5.97 Å². The Kier molecular flexibility index (Phi) is 2.32.